The SMILES string of the molecule is CCCN(CC1Cc2cc(F)ccc2O1)C1CCCNC1. The van der Waals surface area contributed by atoms with Crippen LogP contribution >= 0.6 is 0 Å². The molecule has 116 valence electrons. The van der Waals surface area contributed by atoms with Crippen molar-refractivity contribution in [2.24, 2.45) is 0 Å². The van der Waals surface area contributed by atoms with Gasteiger partial charge in [-0.2, -0.15) is 0 Å². The molecule has 2 aliphatic heterocycles. The van der Waals surface area contributed by atoms with Gasteiger partial charge >= 0.3 is 0 Å². The van der Waals surface area contributed by atoms with Crippen molar-refractivity contribution in [2.45, 2.75) is 44.8 Å². The van der Waals surface area contributed by atoms with Crippen LogP contribution in [0.5, 0.6) is 5.75 Å². The highest BCUT2D eigenvalue weighted by atomic mass is 19.1. The summed E-state index contributed by atoms with van der Waals surface area (Å²) in [6.07, 6.45) is 4.66. The minimum Gasteiger partial charge on any atom is -0.488 e. The molecule has 0 saturated carbocycles. The average molecular weight is 292 g/mol. The Morgan fingerprint density at radius 1 is 1.43 bits per heavy atom. The van der Waals surface area contributed by atoms with E-state index in [4.69, 9.17) is 4.74 Å². The summed E-state index contributed by atoms with van der Waals surface area (Å²) in [5, 5.41) is 3.49. The van der Waals surface area contributed by atoms with E-state index in [0.29, 0.717) is 6.04 Å². The summed E-state index contributed by atoms with van der Waals surface area (Å²) in [7, 11) is 0. The van der Waals surface area contributed by atoms with E-state index in [9.17, 15) is 4.39 Å². The maximum Gasteiger partial charge on any atom is 0.123 e. The van der Waals surface area contributed by atoms with E-state index in [-0.39, 0.29) is 11.9 Å². The summed E-state index contributed by atoms with van der Waals surface area (Å²) >= 11 is 0. The number of nitrogens with one attached hydrogen (secondary N) is 1. The molecule has 0 radical (unpaired) electrons. The predicted molar refractivity (Wildman–Crippen MR) is 82.3 cm³/mol. The summed E-state index contributed by atoms with van der Waals surface area (Å²) in [6.45, 7) is 6.49. The number of halogens is 1. The Labute approximate surface area is 126 Å². The highest BCUT2D eigenvalue weighted by Gasteiger charge is 2.28. The molecular formula is C17H25FN2O. The zero-order chi connectivity index (χ0) is 14.7. The molecule has 0 amide bonds. The van der Waals surface area contributed by atoms with E-state index in [1.807, 2.05) is 0 Å². The fourth-order valence-corrected chi connectivity index (χ4v) is 3.51. The number of rotatable bonds is 5. The van der Waals surface area contributed by atoms with Crippen molar-refractivity contribution < 1.29 is 9.13 Å². The summed E-state index contributed by atoms with van der Waals surface area (Å²) in [6, 6.07) is 5.47. The van der Waals surface area contributed by atoms with Gasteiger partial charge in [-0.15, -0.1) is 0 Å². The molecule has 1 saturated heterocycles. The first-order valence-corrected chi connectivity index (χ1v) is 8.16. The average Bonchev–Trinajstić information content (AvgIpc) is 2.89. The molecule has 1 fully saturated rings. The van der Waals surface area contributed by atoms with E-state index in [1.54, 1.807) is 12.1 Å². The van der Waals surface area contributed by atoms with Crippen LogP contribution in [0.1, 0.15) is 31.7 Å². The Balaban J connectivity index is 1.61. The van der Waals surface area contributed by atoms with Crippen LogP contribution in [0.25, 0.3) is 0 Å². The zero-order valence-electron chi connectivity index (χ0n) is 12.8. The van der Waals surface area contributed by atoms with Gasteiger partial charge in [0, 0.05) is 31.1 Å². The first-order valence-electron chi connectivity index (χ1n) is 8.16. The van der Waals surface area contributed by atoms with Crippen molar-refractivity contribution in [3.63, 3.8) is 0 Å². The maximum absolute atomic E-state index is 13.3. The lowest BCUT2D eigenvalue weighted by atomic mass is 10.0. The van der Waals surface area contributed by atoms with Gasteiger partial charge in [-0.3, -0.25) is 4.90 Å². The van der Waals surface area contributed by atoms with E-state index < -0.39 is 0 Å². The van der Waals surface area contributed by atoms with Crippen LogP contribution in [0, 0.1) is 5.82 Å². The fraction of sp³-hybridized carbons (Fsp3) is 0.647. The molecule has 2 unspecified atom stereocenters. The fourth-order valence-electron chi connectivity index (χ4n) is 3.51. The van der Waals surface area contributed by atoms with Gasteiger partial charge in [0.2, 0.25) is 0 Å². The van der Waals surface area contributed by atoms with Crippen molar-refractivity contribution in [1.29, 1.82) is 0 Å². The summed E-state index contributed by atoms with van der Waals surface area (Å²) < 4.78 is 19.3. The Hall–Kier alpha value is -1.13. The molecule has 3 rings (SSSR count). The van der Waals surface area contributed by atoms with E-state index in [1.165, 1.54) is 18.9 Å². The van der Waals surface area contributed by atoms with Crippen molar-refractivity contribution in [1.82, 2.24) is 10.2 Å². The number of hydrogen-bond donors (Lipinski definition) is 1. The molecule has 2 aliphatic rings. The predicted octanol–water partition coefficient (Wildman–Crippen LogP) is 2.59. The third kappa shape index (κ3) is 3.55. The Bertz CT molecular complexity index is 474. The Morgan fingerprint density at radius 3 is 3.10 bits per heavy atom. The van der Waals surface area contributed by atoms with Crippen LogP contribution in [-0.4, -0.2) is 43.2 Å². The highest BCUT2D eigenvalue weighted by molar-refractivity contribution is 5.37. The lowest BCUT2D eigenvalue weighted by Gasteiger charge is -2.35. The number of piperidine rings is 1. The topological polar surface area (TPSA) is 24.5 Å². The molecule has 0 spiro atoms. The van der Waals surface area contributed by atoms with E-state index >= 15 is 0 Å². The Kier molecular flexibility index (Phi) is 4.76. The highest BCUT2D eigenvalue weighted by Crippen LogP contribution is 2.30. The molecule has 21 heavy (non-hydrogen) atoms. The molecular weight excluding hydrogens is 267 g/mol. The molecule has 1 N–H and O–H groups in total. The first kappa shape index (κ1) is 14.8. The molecule has 3 nitrogen and oxygen atoms in total. The van der Waals surface area contributed by atoms with Crippen molar-refractivity contribution in [3.8, 4) is 5.75 Å². The lowest BCUT2D eigenvalue weighted by Crippen LogP contribution is -2.49. The van der Waals surface area contributed by atoms with Crippen molar-refractivity contribution in [2.75, 3.05) is 26.2 Å². The molecule has 2 atom stereocenters. The minimum absolute atomic E-state index is 0.162. The standard InChI is InChI=1S/C17H25FN2O/c1-2-8-20(15-4-3-7-19-11-15)12-16-10-13-9-14(18)5-6-17(13)21-16/h5-6,9,15-16,19H,2-4,7-8,10-12H2,1H3. The van der Waals surface area contributed by atoms with Gasteiger partial charge < -0.3 is 10.1 Å². The number of hydrogen-bond acceptors (Lipinski definition) is 3. The molecule has 0 aliphatic carbocycles. The van der Waals surface area contributed by atoms with Gasteiger partial charge in [0.15, 0.2) is 0 Å². The number of benzene rings is 1. The number of ether oxygens (including phenoxy) is 1. The molecule has 0 aromatic heterocycles. The smallest absolute Gasteiger partial charge is 0.123 e. The van der Waals surface area contributed by atoms with Crippen molar-refractivity contribution in [3.05, 3.63) is 29.6 Å². The second kappa shape index (κ2) is 6.75. The summed E-state index contributed by atoms with van der Waals surface area (Å²) in [5.74, 6) is 0.694. The zero-order valence-corrected chi connectivity index (χ0v) is 12.8. The molecule has 2 heterocycles. The first-order chi connectivity index (χ1) is 10.3. The monoisotopic (exact) mass is 292 g/mol. The van der Waals surface area contributed by atoms with E-state index in [0.717, 1.165) is 50.3 Å². The number of fused-ring (bicyclic) bond motifs is 1. The van der Waals surface area contributed by atoms with Crippen LogP contribution in [0.4, 0.5) is 4.39 Å². The van der Waals surface area contributed by atoms with Crippen LogP contribution in [0.15, 0.2) is 18.2 Å². The summed E-state index contributed by atoms with van der Waals surface area (Å²) in [4.78, 5) is 2.55. The molecule has 1 aromatic rings. The van der Waals surface area contributed by atoms with Crippen molar-refractivity contribution >= 4 is 0 Å². The van der Waals surface area contributed by atoms with Crippen LogP contribution < -0.4 is 10.1 Å². The molecule has 1 aromatic carbocycles. The van der Waals surface area contributed by atoms with Gasteiger partial charge in [-0.25, -0.2) is 4.39 Å². The normalized spacial score (nSPS) is 24.9. The second-order valence-electron chi connectivity index (χ2n) is 6.19. The molecule has 4 heteroatoms. The van der Waals surface area contributed by atoms with Gasteiger partial charge in [0.1, 0.15) is 17.7 Å². The quantitative estimate of drug-likeness (QED) is 0.903. The maximum atomic E-state index is 13.3. The minimum atomic E-state index is -0.167. The molecule has 0 bridgehead atoms. The lowest BCUT2D eigenvalue weighted by molar-refractivity contribution is 0.102. The van der Waals surface area contributed by atoms with Crippen LogP contribution in [0.3, 0.4) is 0 Å². The van der Waals surface area contributed by atoms with Crippen LogP contribution in [0.2, 0.25) is 0 Å². The van der Waals surface area contributed by atoms with Crippen LogP contribution in [-0.2, 0) is 6.42 Å². The van der Waals surface area contributed by atoms with Gasteiger partial charge in [-0.05, 0) is 50.6 Å². The largest absolute Gasteiger partial charge is 0.488 e. The van der Waals surface area contributed by atoms with Gasteiger partial charge in [0.25, 0.3) is 0 Å². The third-order valence-electron chi connectivity index (χ3n) is 4.50. The van der Waals surface area contributed by atoms with Gasteiger partial charge in [0.05, 0.1) is 0 Å². The Morgan fingerprint density at radius 2 is 2.33 bits per heavy atom. The van der Waals surface area contributed by atoms with E-state index in [2.05, 4.69) is 17.1 Å². The third-order valence-corrected chi connectivity index (χ3v) is 4.50. The van der Waals surface area contributed by atoms with Gasteiger partial charge in [-0.1, -0.05) is 6.92 Å². The second-order valence-corrected chi connectivity index (χ2v) is 6.19. The summed E-state index contributed by atoms with van der Waals surface area (Å²) in [5.41, 5.74) is 1.01. The number of nitrogens with zero attached hydrogens (tertiary/aromatic N) is 1.